The smallest absolute Gasteiger partial charge is 0.143 e. The summed E-state index contributed by atoms with van der Waals surface area (Å²) in [5.41, 5.74) is 4.10. The van der Waals surface area contributed by atoms with Gasteiger partial charge in [-0.05, 0) is 54.1 Å². The fraction of sp³-hybridized carbons (Fsp3) is 0.0500. The lowest BCUT2D eigenvalue weighted by atomic mass is 10.1. The van der Waals surface area contributed by atoms with Gasteiger partial charge >= 0.3 is 0 Å². The van der Waals surface area contributed by atoms with Crippen LogP contribution in [0.3, 0.4) is 0 Å². The third-order valence-corrected chi connectivity index (χ3v) is 4.08. The lowest BCUT2D eigenvalue weighted by Crippen LogP contribution is -1.95. The Labute approximate surface area is 150 Å². The summed E-state index contributed by atoms with van der Waals surface area (Å²) in [5.74, 6) is 1.49. The van der Waals surface area contributed by atoms with Crippen molar-refractivity contribution in [1.82, 2.24) is 15.0 Å². The first-order valence-corrected chi connectivity index (χ1v) is 8.02. The summed E-state index contributed by atoms with van der Waals surface area (Å²) in [6.07, 6.45) is 1.51. The van der Waals surface area contributed by atoms with Crippen LogP contribution in [0.15, 0.2) is 60.9 Å². The van der Waals surface area contributed by atoms with Crippen molar-refractivity contribution in [3.8, 4) is 23.1 Å². The molecular weight excluding hydrogens is 326 g/mol. The Morgan fingerprint density at radius 1 is 1.08 bits per heavy atom. The Kier molecular flexibility index (Phi) is 3.96. The molecular formula is C20H15N5O. The number of aromatic amines is 1. The largest absolute Gasteiger partial charge is 0.497 e. The second-order valence-corrected chi connectivity index (χ2v) is 5.71. The van der Waals surface area contributed by atoms with Crippen LogP contribution in [-0.2, 0) is 0 Å². The van der Waals surface area contributed by atoms with Gasteiger partial charge in [0.1, 0.15) is 23.5 Å². The van der Waals surface area contributed by atoms with E-state index in [0.29, 0.717) is 11.4 Å². The molecule has 2 N–H and O–H groups in total. The Hall–Kier alpha value is -3.85. The van der Waals surface area contributed by atoms with Gasteiger partial charge in [0.25, 0.3) is 0 Å². The van der Waals surface area contributed by atoms with Crippen LogP contribution < -0.4 is 10.1 Å². The summed E-state index contributed by atoms with van der Waals surface area (Å²) < 4.78 is 5.20. The molecule has 0 spiro atoms. The minimum absolute atomic E-state index is 0.591. The molecule has 0 saturated heterocycles. The SMILES string of the molecule is COc1ccc(-c2cc3c(Nc4cccc(C#N)c4)ncnc3[nH]2)cc1. The zero-order valence-corrected chi connectivity index (χ0v) is 14.0. The maximum atomic E-state index is 9.05. The van der Waals surface area contributed by atoms with Crippen molar-refractivity contribution in [2.45, 2.75) is 0 Å². The van der Waals surface area contributed by atoms with E-state index < -0.39 is 0 Å². The van der Waals surface area contributed by atoms with Crippen LogP contribution in [-0.4, -0.2) is 22.1 Å². The molecule has 4 rings (SSSR count). The van der Waals surface area contributed by atoms with Gasteiger partial charge in [0, 0.05) is 11.4 Å². The van der Waals surface area contributed by atoms with E-state index in [1.54, 1.807) is 19.2 Å². The molecule has 0 amide bonds. The molecule has 0 fully saturated rings. The van der Waals surface area contributed by atoms with E-state index in [4.69, 9.17) is 10.00 Å². The first-order chi connectivity index (χ1) is 12.8. The van der Waals surface area contributed by atoms with Crippen molar-refractivity contribution < 1.29 is 4.74 Å². The lowest BCUT2D eigenvalue weighted by Gasteiger charge is -2.06. The highest BCUT2D eigenvalue weighted by Crippen LogP contribution is 2.29. The normalized spacial score (nSPS) is 10.5. The zero-order chi connectivity index (χ0) is 17.9. The number of nitrogens with zero attached hydrogens (tertiary/aromatic N) is 3. The van der Waals surface area contributed by atoms with E-state index in [1.165, 1.54) is 6.33 Å². The number of anilines is 2. The minimum Gasteiger partial charge on any atom is -0.497 e. The number of methoxy groups -OCH3 is 1. The van der Waals surface area contributed by atoms with E-state index in [-0.39, 0.29) is 0 Å². The Bertz CT molecular complexity index is 1110. The molecule has 2 aromatic heterocycles. The molecule has 0 aliphatic carbocycles. The summed E-state index contributed by atoms with van der Waals surface area (Å²) in [4.78, 5) is 12.0. The number of H-pyrrole nitrogens is 1. The first-order valence-electron chi connectivity index (χ1n) is 8.02. The van der Waals surface area contributed by atoms with Gasteiger partial charge in [-0.25, -0.2) is 9.97 Å². The zero-order valence-electron chi connectivity index (χ0n) is 14.0. The van der Waals surface area contributed by atoms with E-state index in [0.717, 1.165) is 33.7 Å². The minimum atomic E-state index is 0.591. The van der Waals surface area contributed by atoms with Gasteiger partial charge in [0.05, 0.1) is 24.1 Å². The third-order valence-electron chi connectivity index (χ3n) is 4.08. The van der Waals surface area contributed by atoms with Gasteiger partial charge < -0.3 is 15.0 Å². The molecule has 26 heavy (non-hydrogen) atoms. The number of aromatic nitrogens is 3. The number of benzene rings is 2. The number of nitriles is 1. The Morgan fingerprint density at radius 3 is 2.69 bits per heavy atom. The first kappa shape index (κ1) is 15.7. The molecule has 0 unspecified atom stereocenters. The van der Waals surface area contributed by atoms with Gasteiger partial charge in [-0.15, -0.1) is 0 Å². The van der Waals surface area contributed by atoms with E-state index >= 15 is 0 Å². The molecule has 6 heteroatoms. The second-order valence-electron chi connectivity index (χ2n) is 5.71. The monoisotopic (exact) mass is 341 g/mol. The standard InChI is InChI=1S/C20H15N5O/c1-26-16-7-5-14(6-8-16)18-10-17-19(22-12-23-20(17)25-18)24-15-4-2-3-13(9-15)11-21/h2-10,12H,1H3,(H2,22,23,24,25). The number of hydrogen-bond acceptors (Lipinski definition) is 5. The van der Waals surface area contributed by atoms with Crippen molar-refractivity contribution in [3.63, 3.8) is 0 Å². The molecule has 0 bridgehead atoms. The van der Waals surface area contributed by atoms with Gasteiger partial charge in [-0.1, -0.05) is 6.07 Å². The highest BCUT2D eigenvalue weighted by molar-refractivity contribution is 5.93. The Balaban J connectivity index is 1.72. The van der Waals surface area contributed by atoms with Crippen LogP contribution in [0.2, 0.25) is 0 Å². The molecule has 2 heterocycles. The van der Waals surface area contributed by atoms with Crippen LogP contribution >= 0.6 is 0 Å². The number of ether oxygens (including phenoxy) is 1. The molecule has 2 aromatic carbocycles. The Morgan fingerprint density at radius 2 is 1.92 bits per heavy atom. The van der Waals surface area contributed by atoms with E-state index in [1.807, 2.05) is 42.5 Å². The summed E-state index contributed by atoms with van der Waals surface area (Å²) in [5, 5.41) is 13.2. The second kappa shape index (κ2) is 6.57. The molecule has 126 valence electrons. The van der Waals surface area contributed by atoms with Gasteiger partial charge in [0.2, 0.25) is 0 Å². The van der Waals surface area contributed by atoms with Crippen molar-refractivity contribution in [1.29, 1.82) is 5.26 Å². The van der Waals surface area contributed by atoms with Crippen LogP contribution in [0.1, 0.15) is 5.56 Å². The van der Waals surface area contributed by atoms with Crippen LogP contribution in [0.4, 0.5) is 11.5 Å². The van der Waals surface area contributed by atoms with E-state index in [9.17, 15) is 0 Å². The highest BCUT2D eigenvalue weighted by atomic mass is 16.5. The lowest BCUT2D eigenvalue weighted by molar-refractivity contribution is 0.415. The fourth-order valence-electron chi connectivity index (χ4n) is 2.77. The predicted molar refractivity (Wildman–Crippen MR) is 100 cm³/mol. The topological polar surface area (TPSA) is 86.6 Å². The van der Waals surface area contributed by atoms with Crippen molar-refractivity contribution in [3.05, 3.63) is 66.5 Å². The number of nitrogens with one attached hydrogen (secondary N) is 2. The summed E-state index contributed by atoms with van der Waals surface area (Å²) in [7, 11) is 1.65. The molecule has 0 aliphatic heterocycles. The third kappa shape index (κ3) is 2.94. The van der Waals surface area contributed by atoms with Crippen molar-refractivity contribution >= 4 is 22.5 Å². The molecule has 4 aromatic rings. The number of rotatable bonds is 4. The molecule has 0 atom stereocenters. The molecule has 0 aliphatic rings. The predicted octanol–water partition coefficient (Wildman–Crippen LogP) is 4.25. The summed E-state index contributed by atoms with van der Waals surface area (Å²) in [6, 6.07) is 19.2. The molecule has 0 radical (unpaired) electrons. The fourth-order valence-corrected chi connectivity index (χ4v) is 2.77. The number of fused-ring (bicyclic) bond motifs is 1. The van der Waals surface area contributed by atoms with E-state index in [2.05, 4.69) is 26.3 Å². The maximum Gasteiger partial charge on any atom is 0.143 e. The van der Waals surface area contributed by atoms with Crippen molar-refractivity contribution in [2.75, 3.05) is 12.4 Å². The summed E-state index contributed by atoms with van der Waals surface area (Å²) in [6.45, 7) is 0. The molecule has 0 saturated carbocycles. The maximum absolute atomic E-state index is 9.05. The average Bonchev–Trinajstić information content (AvgIpc) is 3.13. The highest BCUT2D eigenvalue weighted by Gasteiger charge is 2.10. The van der Waals surface area contributed by atoms with Crippen molar-refractivity contribution in [2.24, 2.45) is 0 Å². The van der Waals surface area contributed by atoms with Crippen LogP contribution in [0.25, 0.3) is 22.3 Å². The van der Waals surface area contributed by atoms with Gasteiger partial charge in [-0.3, -0.25) is 0 Å². The quantitative estimate of drug-likeness (QED) is 0.579. The average molecular weight is 341 g/mol. The number of hydrogen-bond donors (Lipinski definition) is 2. The van der Waals surface area contributed by atoms with Crippen LogP contribution in [0.5, 0.6) is 5.75 Å². The molecule has 6 nitrogen and oxygen atoms in total. The summed E-state index contributed by atoms with van der Waals surface area (Å²) >= 11 is 0. The van der Waals surface area contributed by atoms with Gasteiger partial charge in [-0.2, -0.15) is 5.26 Å². The van der Waals surface area contributed by atoms with Crippen LogP contribution in [0, 0.1) is 11.3 Å². The van der Waals surface area contributed by atoms with Gasteiger partial charge in [0.15, 0.2) is 0 Å².